The summed E-state index contributed by atoms with van der Waals surface area (Å²) in [6, 6.07) is 7.59. The monoisotopic (exact) mass is 294 g/mol. The number of benzene rings is 1. The third kappa shape index (κ3) is 6.76. The Morgan fingerprint density at radius 1 is 1.29 bits per heavy atom. The molecule has 0 heterocycles. The number of ether oxygens (including phenoxy) is 1. The van der Waals surface area contributed by atoms with Gasteiger partial charge in [-0.05, 0) is 31.5 Å². The van der Waals surface area contributed by atoms with Crippen molar-refractivity contribution in [1.29, 1.82) is 0 Å². The van der Waals surface area contributed by atoms with Gasteiger partial charge >= 0.3 is 5.97 Å². The second-order valence-electron chi connectivity index (χ2n) is 5.11. The van der Waals surface area contributed by atoms with E-state index >= 15 is 0 Å². The maximum absolute atomic E-state index is 10.7. The van der Waals surface area contributed by atoms with Crippen LogP contribution in [0.25, 0.3) is 0 Å². The highest BCUT2D eigenvalue weighted by Crippen LogP contribution is 2.15. The predicted octanol–water partition coefficient (Wildman–Crippen LogP) is 1.24. The van der Waals surface area contributed by atoms with Crippen LogP contribution in [0.4, 0.5) is 0 Å². The second-order valence-corrected chi connectivity index (χ2v) is 5.11. The third-order valence-corrected chi connectivity index (χ3v) is 3.03. The number of hydrogen-bond acceptors (Lipinski definition) is 4. The third-order valence-electron chi connectivity index (χ3n) is 3.03. The minimum atomic E-state index is -0.796. The molecule has 0 aliphatic heterocycles. The van der Waals surface area contributed by atoms with Crippen LogP contribution in [-0.4, -0.2) is 41.1 Å². The highest BCUT2D eigenvalue weighted by atomic mass is 16.5. The Morgan fingerprint density at radius 3 is 2.38 bits per heavy atom. The van der Waals surface area contributed by atoms with Crippen LogP contribution < -0.4 is 10.5 Å². The van der Waals surface area contributed by atoms with Gasteiger partial charge < -0.3 is 15.6 Å². The summed E-state index contributed by atoms with van der Waals surface area (Å²) in [7, 11) is 0. The van der Waals surface area contributed by atoms with Crippen LogP contribution in [0.1, 0.15) is 25.8 Å². The number of carbonyl (C=O) groups is 2. The number of rotatable bonds is 9. The molecule has 1 rings (SSSR count). The van der Waals surface area contributed by atoms with Gasteiger partial charge in [0.2, 0.25) is 0 Å². The van der Waals surface area contributed by atoms with E-state index in [1.165, 1.54) is 0 Å². The minimum absolute atomic E-state index is 0.123. The smallest absolute Gasteiger partial charge is 0.304 e. The lowest BCUT2D eigenvalue weighted by atomic mass is 10.1. The molecule has 1 aromatic carbocycles. The first-order valence-electron chi connectivity index (χ1n) is 6.84. The molecule has 0 radical (unpaired) electrons. The molecule has 6 heteroatoms. The van der Waals surface area contributed by atoms with Crippen molar-refractivity contribution >= 4 is 11.9 Å². The largest absolute Gasteiger partial charge is 0.484 e. The Kier molecular flexibility index (Phi) is 6.68. The number of carboxylic acid groups (broad SMARTS) is 1. The van der Waals surface area contributed by atoms with Gasteiger partial charge in [0.15, 0.2) is 6.61 Å². The van der Waals surface area contributed by atoms with Gasteiger partial charge in [0.25, 0.3) is 5.91 Å². The topological polar surface area (TPSA) is 92.9 Å². The van der Waals surface area contributed by atoms with Crippen LogP contribution in [0.15, 0.2) is 24.3 Å². The van der Waals surface area contributed by atoms with E-state index in [1.54, 1.807) is 12.1 Å². The maximum atomic E-state index is 10.7. The molecule has 116 valence electrons. The van der Waals surface area contributed by atoms with Crippen molar-refractivity contribution in [3.05, 3.63) is 29.8 Å². The Hall–Kier alpha value is -2.08. The standard InChI is InChI=1S/C15H22N2O4/c1-11(2)17(8-7-15(19)20)9-12-3-5-13(6-4-12)21-10-14(16)18/h3-6,11H,7-10H2,1-2H3,(H2,16,18)(H,19,20). The number of amides is 1. The Labute approximate surface area is 124 Å². The number of carbonyl (C=O) groups excluding carboxylic acids is 1. The molecule has 0 bridgehead atoms. The molecule has 0 aliphatic carbocycles. The molecule has 0 aliphatic rings. The van der Waals surface area contributed by atoms with E-state index in [0.717, 1.165) is 5.56 Å². The molecule has 0 atom stereocenters. The molecule has 1 amide bonds. The van der Waals surface area contributed by atoms with Crippen molar-refractivity contribution in [3.63, 3.8) is 0 Å². The minimum Gasteiger partial charge on any atom is -0.484 e. The predicted molar refractivity (Wildman–Crippen MR) is 78.9 cm³/mol. The first-order chi connectivity index (χ1) is 9.88. The molecule has 0 saturated carbocycles. The van der Waals surface area contributed by atoms with E-state index in [1.807, 2.05) is 26.0 Å². The molecule has 0 spiro atoms. The number of hydrogen-bond donors (Lipinski definition) is 2. The highest BCUT2D eigenvalue weighted by Gasteiger charge is 2.12. The zero-order valence-electron chi connectivity index (χ0n) is 12.4. The van der Waals surface area contributed by atoms with Crippen LogP contribution in [0.2, 0.25) is 0 Å². The molecule has 0 saturated heterocycles. The molecule has 0 fully saturated rings. The average Bonchev–Trinajstić information content (AvgIpc) is 2.41. The fourth-order valence-corrected chi connectivity index (χ4v) is 1.84. The molecule has 21 heavy (non-hydrogen) atoms. The van der Waals surface area contributed by atoms with Crippen LogP contribution in [0.3, 0.4) is 0 Å². The van der Waals surface area contributed by atoms with Gasteiger partial charge in [0.1, 0.15) is 5.75 Å². The zero-order valence-corrected chi connectivity index (χ0v) is 12.4. The molecule has 3 N–H and O–H groups in total. The molecule has 1 aromatic rings. The van der Waals surface area contributed by atoms with Crippen LogP contribution in [0, 0.1) is 0 Å². The molecular formula is C15H22N2O4. The quantitative estimate of drug-likeness (QED) is 0.714. The van der Waals surface area contributed by atoms with Crippen molar-refractivity contribution in [3.8, 4) is 5.75 Å². The van der Waals surface area contributed by atoms with Crippen LogP contribution in [0.5, 0.6) is 5.75 Å². The number of nitrogens with two attached hydrogens (primary N) is 1. The molecule has 0 unspecified atom stereocenters. The fourth-order valence-electron chi connectivity index (χ4n) is 1.84. The van der Waals surface area contributed by atoms with E-state index in [9.17, 15) is 9.59 Å². The van der Waals surface area contributed by atoms with E-state index in [4.69, 9.17) is 15.6 Å². The van der Waals surface area contributed by atoms with Crippen molar-refractivity contribution in [1.82, 2.24) is 4.90 Å². The van der Waals surface area contributed by atoms with E-state index in [-0.39, 0.29) is 19.1 Å². The molecule has 0 aromatic heterocycles. The molecular weight excluding hydrogens is 272 g/mol. The maximum Gasteiger partial charge on any atom is 0.304 e. The number of carboxylic acids is 1. The van der Waals surface area contributed by atoms with Gasteiger partial charge in [-0.1, -0.05) is 12.1 Å². The number of nitrogens with zero attached hydrogens (tertiary/aromatic N) is 1. The van der Waals surface area contributed by atoms with Gasteiger partial charge in [-0.2, -0.15) is 0 Å². The molecule has 6 nitrogen and oxygen atoms in total. The van der Waals surface area contributed by atoms with Gasteiger partial charge in [0.05, 0.1) is 6.42 Å². The number of aliphatic carboxylic acids is 1. The van der Waals surface area contributed by atoms with Crippen LogP contribution >= 0.6 is 0 Å². The summed E-state index contributed by atoms with van der Waals surface area (Å²) in [6.07, 6.45) is 0.123. The average molecular weight is 294 g/mol. The first kappa shape index (κ1) is 17.0. The SMILES string of the molecule is CC(C)N(CCC(=O)O)Cc1ccc(OCC(N)=O)cc1. The summed E-state index contributed by atoms with van der Waals surface area (Å²) in [5.41, 5.74) is 6.06. The van der Waals surface area contributed by atoms with Crippen LogP contribution in [-0.2, 0) is 16.1 Å². The van der Waals surface area contributed by atoms with Crippen molar-refractivity contribution in [2.75, 3.05) is 13.2 Å². The Morgan fingerprint density at radius 2 is 1.90 bits per heavy atom. The summed E-state index contributed by atoms with van der Waals surface area (Å²) < 4.78 is 5.19. The van der Waals surface area contributed by atoms with Gasteiger partial charge in [-0.25, -0.2) is 0 Å². The lowest BCUT2D eigenvalue weighted by Crippen LogP contribution is -2.32. The summed E-state index contributed by atoms with van der Waals surface area (Å²) in [5.74, 6) is -0.728. The zero-order chi connectivity index (χ0) is 15.8. The van der Waals surface area contributed by atoms with E-state index in [2.05, 4.69) is 4.90 Å². The van der Waals surface area contributed by atoms with E-state index < -0.39 is 11.9 Å². The van der Waals surface area contributed by atoms with Gasteiger partial charge in [0, 0.05) is 19.1 Å². The lowest BCUT2D eigenvalue weighted by Gasteiger charge is -2.25. The van der Waals surface area contributed by atoms with Gasteiger partial charge in [-0.15, -0.1) is 0 Å². The van der Waals surface area contributed by atoms with Crippen molar-refractivity contribution in [2.45, 2.75) is 32.9 Å². The van der Waals surface area contributed by atoms with Crippen molar-refractivity contribution < 1.29 is 19.4 Å². The Balaban J connectivity index is 2.58. The normalized spacial score (nSPS) is 10.9. The number of primary amides is 1. The van der Waals surface area contributed by atoms with Crippen molar-refractivity contribution in [2.24, 2.45) is 5.73 Å². The summed E-state index contributed by atoms with van der Waals surface area (Å²) in [4.78, 5) is 23.4. The second kappa shape index (κ2) is 8.26. The first-order valence-corrected chi connectivity index (χ1v) is 6.84. The highest BCUT2D eigenvalue weighted by molar-refractivity contribution is 5.75. The summed E-state index contributed by atoms with van der Waals surface area (Å²) in [6.45, 7) is 5.10. The summed E-state index contributed by atoms with van der Waals surface area (Å²) >= 11 is 0. The summed E-state index contributed by atoms with van der Waals surface area (Å²) in [5, 5.41) is 8.77. The fraction of sp³-hybridized carbons (Fsp3) is 0.467. The lowest BCUT2D eigenvalue weighted by molar-refractivity contribution is -0.137. The Bertz CT molecular complexity index is 471. The van der Waals surface area contributed by atoms with E-state index in [0.29, 0.717) is 18.8 Å². The van der Waals surface area contributed by atoms with Gasteiger partial charge in [-0.3, -0.25) is 14.5 Å².